The van der Waals surface area contributed by atoms with Crippen LogP contribution in [0, 0.1) is 11.8 Å². The van der Waals surface area contributed by atoms with Crippen LogP contribution in [0.25, 0.3) is 0 Å². The van der Waals surface area contributed by atoms with Gasteiger partial charge in [0, 0.05) is 12.3 Å². The molecule has 0 unspecified atom stereocenters. The monoisotopic (exact) mass is 266 g/mol. The summed E-state index contributed by atoms with van der Waals surface area (Å²) in [5, 5.41) is 18.7. The zero-order valence-electron chi connectivity index (χ0n) is 11.3. The molecule has 0 spiro atoms. The molecule has 4 heteroatoms. The molecule has 0 aromatic carbocycles. The predicted octanol–water partition coefficient (Wildman–Crippen LogP) is 1.58. The van der Waals surface area contributed by atoms with Gasteiger partial charge in [-0.3, -0.25) is 4.79 Å². The first-order chi connectivity index (χ1) is 9.15. The van der Waals surface area contributed by atoms with Crippen LogP contribution in [0.4, 0.5) is 0 Å². The summed E-state index contributed by atoms with van der Waals surface area (Å²) in [4.78, 5) is 11.7. The summed E-state index contributed by atoms with van der Waals surface area (Å²) in [6.07, 6.45) is 6.90. The maximum absolute atomic E-state index is 11.7. The van der Waals surface area contributed by atoms with E-state index >= 15 is 0 Å². The van der Waals surface area contributed by atoms with Crippen LogP contribution >= 0.6 is 0 Å². The Hall–Kier alpha value is -1.13. The molecule has 1 fully saturated rings. The van der Waals surface area contributed by atoms with E-state index in [0.29, 0.717) is 6.42 Å². The summed E-state index contributed by atoms with van der Waals surface area (Å²) in [5.41, 5.74) is 1.93. The van der Waals surface area contributed by atoms with Gasteiger partial charge in [-0.15, -0.1) is 0 Å². The van der Waals surface area contributed by atoms with E-state index in [1.165, 1.54) is 0 Å². The summed E-state index contributed by atoms with van der Waals surface area (Å²) in [5.74, 6) is -0.117. The molecule has 0 radical (unpaired) electrons. The van der Waals surface area contributed by atoms with Gasteiger partial charge >= 0.3 is 5.97 Å². The van der Waals surface area contributed by atoms with Crippen LogP contribution in [-0.4, -0.2) is 35.5 Å². The molecule has 0 aromatic rings. The predicted molar refractivity (Wildman–Crippen MR) is 71.3 cm³/mol. The molecule has 2 aliphatic rings. The Balaban J connectivity index is 2.22. The molecule has 4 nitrogen and oxygen atoms in total. The normalized spacial score (nSPS) is 32.2. The Morgan fingerprint density at radius 2 is 2.00 bits per heavy atom. The molecule has 2 N–H and O–H groups in total. The third-order valence-corrected chi connectivity index (χ3v) is 4.21. The van der Waals surface area contributed by atoms with Gasteiger partial charge in [-0.2, -0.15) is 0 Å². The van der Waals surface area contributed by atoms with Crippen molar-refractivity contribution in [1.82, 2.24) is 0 Å². The number of ether oxygens (including phenoxy) is 1. The fourth-order valence-corrected chi connectivity index (χ4v) is 2.87. The van der Waals surface area contributed by atoms with E-state index in [1.54, 1.807) is 0 Å². The quantitative estimate of drug-likeness (QED) is 0.588. The second-order valence-corrected chi connectivity index (χ2v) is 5.45. The Labute approximate surface area is 113 Å². The summed E-state index contributed by atoms with van der Waals surface area (Å²) in [6.45, 7) is 1.96. The number of fused-ring (bicyclic) bond motifs is 1. The van der Waals surface area contributed by atoms with Crippen molar-refractivity contribution in [2.75, 3.05) is 13.2 Å². The van der Waals surface area contributed by atoms with Crippen LogP contribution < -0.4 is 0 Å². The van der Waals surface area contributed by atoms with Crippen molar-refractivity contribution in [2.24, 2.45) is 11.8 Å². The minimum atomic E-state index is -0.148. The Kier molecular flexibility index (Phi) is 4.77. The molecule has 0 amide bonds. The first-order valence-corrected chi connectivity index (χ1v) is 6.93. The van der Waals surface area contributed by atoms with Crippen molar-refractivity contribution < 1.29 is 19.7 Å². The van der Waals surface area contributed by atoms with Gasteiger partial charge in [0.15, 0.2) is 0 Å². The molecule has 1 aliphatic carbocycles. The highest BCUT2D eigenvalue weighted by Gasteiger charge is 2.41. The van der Waals surface area contributed by atoms with Crippen LogP contribution in [0.5, 0.6) is 0 Å². The van der Waals surface area contributed by atoms with Gasteiger partial charge in [0.1, 0.15) is 6.10 Å². The molecule has 0 aromatic heterocycles. The fourth-order valence-electron chi connectivity index (χ4n) is 2.87. The largest absolute Gasteiger partial charge is 0.461 e. The van der Waals surface area contributed by atoms with Crippen molar-refractivity contribution in [2.45, 2.75) is 38.7 Å². The van der Waals surface area contributed by atoms with Crippen LogP contribution in [0.15, 0.2) is 23.3 Å². The standard InChI is InChI=1S/C15H22O4/c1-10-13-6-5-11(8-16)3-2-4-12(9-17)7-14(13)19-15(10)18/h4-5,10,13-14,16-17H,2-3,6-9H2,1H3/t10-,13-,14+/m1/s1. The summed E-state index contributed by atoms with van der Waals surface area (Å²) in [7, 11) is 0. The molecule has 0 bridgehead atoms. The Bertz CT molecular complexity index is 397. The maximum atomic E-state index is 11.7. The van der Waals surface area contributed by atoms with Gasteiger partial charge in [-0.25, -0.2) is 0 Å². The lowest BCUT2D eigenvalue weighted by molar-refractivity contribution is -0.143. The first-order valence-electron chi connectivity index (χ1n) is 6.93. The minimum Gasteiger partial charge on any atom is -0.461 e. The topological polar surface area (TPSA) is 66.8 Å². The number of carbonyl (C=O) groups is 1. The number of esters is 1. The zero-order chi connectivity index (χ0) is 13.8. The molecular weight excluding hydrogens is 244 g/mol. The molecule has 1 aliphatic heterocycles. The molecule has 0 saturated carbocycles. The number of aliphatic hydroxyl groups is 2. The van der Waals surface area contributed by atoms with Gasteiger partial charge in [0.05, 0.1) is 19.1 Å². The maximum Gasteiger partial charge on any atom is 0.309 e. The van der Waals surface area contributed by atoms with Crippen molar-refractivity contribution >= 4 is 5.97 Å². The van der Waals surface area contributed by atoms with Gasteiger partial charge < -0.3 is 14.9 Å². The lowest BCUT2D eigenvalue weighted by Gasteiger charge is -2.20. The van der Waals surface area contributed by atoms with Crippen molar-refractivity contribution in [1.29, 1.82) is 0 Å². The minimum absolute atomic E-state index is 0.00727. The van der Waals surface area contributed by atoms with E-state index in [-0.39, 0.29) is 37.1 Å². The number of allylic oxidation sites excluding steroid dienone is 2. The van der Waals surface area contributed by atoms with E-state index in [1.807, 2.05) is 19.1 Å². The molecule has 1 heterocycles. The second-order valence-electron chi connectivity index (χ2n) is 5.45. The number of hydrogen-bond donors (Lipinski definition) is 2. The number of aliphatic hydroxyl groups excluding tert-OH is 2. The van der Waals surface area contributed by atoms with Crippen molar-refractivity contribution in [3.8, 4) is 0 Å². The summed E-state index contributed by atoms with van der Waals surface area (Å²) < 4.78 is 5.43. The smallest absolute Gasteiger partial charge is 0.309 e. The first kappa shape index (κ1) is 14.3. The number of carbonyl (C=O) groups excluding carboxylic acids is 1. The lowest BCUT2D eigenvalue weighted by Crippen LogP contribution is -2.21. The van der Waals surface area contributed by atoms with E-state index in [9.17, 15) is 15.0 Å². The van der Waals surface area contributed by atoms with Crippen molar-refractivity contribution in [3.63, 3.8) is 0 Å². The average Bonchev–Trinajstić information content (AvgIpc) is 2.68. The summed E-state index contributed by atoms with van der Waals surface area (Å²) >= 11 is 0. The van der Waals surface area contributed by atoms with Crippen LogP contribution in [-0.2, 0) is 9.53 Å². The lowest BCUT2D eigenvalue weighted by atomic mass is 9.84. The van der Waals surface area contributed by atoms with Crippen molar-refractivity contribution in [3.05, 3.63) is 23.3 Å². The molecule has 1 saturated heterocycles. The average molecular weight is 266 g/mol. The highest BCUT2D eigenvalue weighted by Crippen LogP contribution is 2.35. The number of hydrogen-bond acceptors (Lipinski definition) is 4. The van der Waals surface area contributed by atoms with Crippen LogP contribution in [0.1, 0.15) is 32.6 Å². The molecule has 19 heavy (non-hydrogen) atoms. The number of rotatable bonds is 2. The van der Waals surface area contributed by atoms with E-state index in [2.05, 4.69) is 0 Å². The van der Waals surface area contributed by atoms with E-state index in [4.69, 9.17) is 4.74 Å². The van der Waals surface area contributed by atoms with E-state index < -0.39 is 0 Å². The second kappa shape index (κ2) is 6.35. The highest BCUT2D eigenvalue weighted by molar-refractivity contribution is 5.74. The highest BCUT2D eigenvalue weighted by atomic mass is 16.6. The Morgan fingerprint density at radius 1 is 1.26 bits per heavy atom. The fraction of sp³-hybridized carbons (Fsp3) is 0.667. The van der Waals surface area contributed by atoms with E-state index in [0.717, 1.165) is 30.4 Å². The SMILES string of the molecule is C[C@H]1C(=O)O[C@H]2CC(CO)=CCCC(CO)=CC[C@@H]21. The van der Waals surface area contributed by atoms with Gasteiger partial charge in [-0.1, -0.05) is 19.1 Å². The zero-order valence-corrected chi connectivity index (χ0v) is 11.3. The van der Waals surface area contributed by atoms with Crippen LogP contribution in [0.3, 0.4) is 0 Å². The Morgan fingerprint density at radius 3 is 2.68 bits per heavy atom. The molecular formula is C15H22O4. The molecule has 2 rings (SSSR count). The van der Waals surface area contributed by atoms with Gasteiger partial charge in [0.25, 0.3) is 0 Å². The summed E-state index contributed by atoms with van der Waals surface area (Å²) in [6, 6.07) is 0. The van der Waals surface area contributed by atoms with Gasteiger partial charge in [0.2, 0.25) is 0 Å². The third kappa shape index (κ3) is 3.25. The molecule has 3 atom stereocenters. The van der Waals surface area contributed by atoms with Crippen LogP contribution in [0.2, 0.25) is 0 Å². The van der Waals surface area contributed by atoms with Gasteiger partial charge in [-0.05, 0) is 30.4 Å². The third-order valence-electron chi connectivity index (χ3n) is 4.21. The molecule has 106 valence electrons.